The molecule has 0 saturated heterocycles. The smallest absolute Gasteiger partial charge is 0.244 e. The summed E-state index contributed by atoms with van der Waals surface area (Å²) in [5.41, 5.74) is 0.326. The lowest BCUT2D eigenvalue weighted by molar-refractivity contribution is -0.123. The van der Waals surface area contributed by atoms with Crippen molar-refractivity contribution in [1.29, 1.82) is 0 Å². The van der Waals surface area contributed by atoms with Crippen molar-refractivity contribution in [2.75, 3.05) is 17.7 Å². The van der Waals surface area contributed by atoms with Gasteiger partial charge in [0.2, 0.25) is 15.9 Å². The van der Waals surface area contributed by atoms with Crippen molar-refractivity contribution in [2.45, 2.75) is 46.2 Å². The van der Waals surface area contributed by atoms with Crippen LogP contribution in [0.15, 0.2) is 18.2 Å². The van der Waals surface area contributed by atoms with Crippen molar-refractivity contribution in [3.8, 4) is 5.75 Å². The summed E-state index contributed by atoms with van der Waals surface area (Å²) in [6.45, 7) is 7.64. The SMILES string of the molecule is CC[C@@H](C(=O)N[C@@H](C)C(C)C)N(c1ccc(OC)c(Cl)c1)S(C)(=O)=O. The van der Waals surface area contributed by atoms with Gasteiger partial charge < -0.3 is 10.1 Å². The van der Waals surface area contributed by atoms with Crippen molar-refractivity contribution < 1.29 is 17.9 Å². The van der Waals surface area contributed by atoms with Crippen LogP contribution in [0, 0.1) is 5.92 Å². The number of benzene rings is 1. The zero-order chi connectivity index (χ0) is 19.4. The van der Waals surface area contributed by atoms with Gasteiger partial charge in [-0.15, -0.1) is 0 Å². The molecule has 0 aliphatic rings. The molecule has 0 aliphatic heterocycles. The van der Waals surface area contributed by atoms with Gasteiger partial charge >= 0.3 is 0 Å². The van der Waals surface area contributed by atoms with E-state index in [9.17, 15) is 13.2 Å². The molecule has 6 nitrogen and oxygen atoms in total. The zero-order valence-corrected chi connectivity index (χ0v) is 17.1. The molecule has 1 amide bonds. The van der Waals surface area contributed by atoms with E-state index in [1.54, 1.807) is 19.1 Å². The van der Waals surface area contributed by atoms with Crippen LogP contribution >= 0.6 is 11.6 Å². The van der Waals surface area contributed by atoms with Gasteiger partial charge in [0.05, 0.1) is 24.1 Å². The molecule has 0 aliphatic carbocycles. The van der Waals surface area contributed by atoms with Crippen LogP contribution in [0.5, 0.6) is 5.75 Å². The summed E-state index contributed by atoms with van der Waals surface area (Å²) >= 11 is 6.13. The van der Waals surface area contributed by atoms with Crippen molar-refractivity contribution in [1.82, 2.24) is 5.32 Å². The van der Waals surface area contributed by atoms with Crippen LogP contribution in [0.4, 0.5) is 5.69 Å². The average Bonchev–Trinajstić information content (AvgIpc) is 2.50. The van der Waals surface area contributed by atoms with E-state index in [2.05, 4.69) is 5.32 Å². The van der Waals surface area contributed by atoms with Crippen LogP contribution in [0.1, 0.15) is 34.1 Å². The van der Waals surface area contributed by atoms with E-state index in [1.807, 2.05) is 20.8 Å². The summed E-state index contributed by atoms with van der Waals surface area (Å²) in [7, 11) is -2.22. The third-order valence-corrected chi connectivity index (χ3v) is 5.56. The van der Waals surface area contributed by atoms with Crippen LogP contribution in [-0.2, 0) is 14.8 Å². The third-order valence-electron chi connectivity index (χ3n) is 4.09. The highest BCUT2D eigenvalue weighted by molar-refractivity contribution is 7.92. The van der Waals surface area contributed by atoms with Gasteiger partial charge in [-0.1, -0.05) is 32.4 Å². The van der Waals surface area contributed by atoms with E-state index in [0.717, 1.165) is 10.6 Å². The van der Waals surface area contributed by atoms with E-state index in [1.165, 1.54) is 13.2 Å². The van der Waals surface area contributed by atoms with Crippen molar-refractivity contribution in [3.63, 3.8) is 0 Å². The minimum atomic E-state index is -3.69. The monoisotopic (exact) mass is 390 g/mol. The Kier molecular flexibility index (Phi) is 7.56. The Morgan fingerprint density at radius 2 is 1.92 bits per heavy atom. The minimum absolute atomic E-state index is 0.0672. The van der Waals surface area contributed by atoms with E-state index in [0.29, 0.717) is 17.9 Å². The molecule has 0 heterocycles. The number of carbonyl (C=O) groups is 1. The lowest BCUT2D eigenvalue weighted by atomic mass is 10.1. The van der Waals surface area contributed by atoms with Crippen molar-refractivity contribution >= 4 is 33.2 Å². The van der Waals surface area contributed by atoms with Gasteiger partial charge in [-0.3, -0.25) is 9.10 Å². The molecular formula is C17H27ClN2O4S. The normalized spacial score (nSPS) is 14.1. The van der Waals surface area contributed by atoms with Gasteiger partial charge in [0.15, 0.2) is 0 Å². The van der Waals surface area contributed by atoms with Crippen LogP contribution in [0.25, 0.3) is 0 Å². The van der Waals surface area contributed by atoms with Gasteiger partial charge in [0.25, 0.3) is 0 Å². The molecule has 1 N–H and O–H groups in total. The molecule has 0 aromatic heterocycles. The number of amides is 1. The van der Waals surface area contributed by atoms with Crippen LogP contribution < -0.4 is 14.4 Å². The second-order valence-electron chi connectivity index (χ2n) is 6.34. The number of nitrogens with one attached hydrogen (secondary N) is 1. The van der Waals surface area contributed by atoms with Crippen molar-refractivity contribution in [2.24, 2.45) is 5.92 Å². The molecular weight excluding hydrogens is 364 g/mol. The second-order valence-corrected chi connectivity index (χ2v) is 8.61. The predicted molar refractivity (Wildman–Crippen MR) is 102 cm³/mol. The quantitative estimate of drug-likeness (QED) is 0.740. The highest BCUT2D eigenvalue weighted by Crippen LogP contribution is 2.31. The summed E-state index contributed by atoms with van der Waals surface area (Å²) in [5.74, 6) is 0.342. The van der Waals surface area contributed by atoms with Gasteiger partial charge in [-0.05, 0) is 37.5 Å². The standard InChI is InChI=1S/C17H27ClN2O4S/c1-7-15(17(21)19-12(4)11(2)3)20(25(6,22)23)13-8-9-16(24-5)14(18)10-13/h8-12,15H,7H2,1-6H3,(H,19,21)/t12-,15-/m0/s1. The Labute approximate surface area is 155 Å². The third kappa shape index (κ3) is 5.51. The molecule has 8 heteroatoms. The van der Waals surface area contributed by atoms with E-state index in [4.69, 9.17) is 16.3 Å². The summed E-state index contributed by atoms with van der Waals surface area (Å²) in [6, 6.07) is 3.72. The fraction of sp³-hybridized carbons (Fsp3) is 0.588. The molecule has 1 rings (SSSR count). The van der Waals surface area contributed by atoms with E-state index >= 15 is 0 Å². The van der Waals surface area contributed by atoms with E-state index < -0.39 is 16.1 Å². The zero-order valence-electron chi connectivity index (χ0n) is 15.5. The highest BCUT2D eigenvalue weighted by atomic mass is 35.5. The fourth-order valence-corrected chi connectivity index (χ4v) is 3.80. The number of hydrogen-bond donors (Lipinski definition) is 1. The summed E-state index contributed by atoms with van der Waals surface area (Å²) in [5, 5.41) is 3.16. The van der Waals surface area contributed by atoms with Gasteiger partial charge in [0.1, 0.15) is 11.8 Å². The fourth-order valence-electron chi connectivity index (χ4n) is 2.34. The molecule has 0 radical (unpaired) electrons. The van der Waals surface area contributed by atoms with Crippen molar-refractivity contribution in [3.05, 3.63) is 23.2 Å². The highest BCUT2D eigenvalue weighted by Gasteiger charge is 2.32. The number of anilines is 1. The maximum absolute atomic E-state index is 12.7. The lowest BCUT2D eigenvalue weighted by Crippen LogP contribution is -2.52. The first-order valence-corrected chi connectivity index (χ1v) is 10.4. The van der Waals surface area contributed by atoms with Gasteiger partial charge in [0, 0.05) is 6.04 Å². The largest absolute Gasteiger partial charge is 0.495 e. The number of methoxy groups -OCH3 is 1. The first-order valence-electron chi connectivity index (χ1n) is 8.16. The Hall–Kier alpha value is -1.47. The molecule has 142 valence electrons. The second kappa shape index (κ2) is 8.76. The summed E-state index contributed by atoms with van der Waals surface area (Å²) < 4.78 is 31.0. The molecule has 2 atom stereocenters. The average molecular weight is 391 g/mol. The Morgan fingerprint density at radius 3 is 2.32 bits per heavy atom. The number of halogens is 1. The van der Waals surface area contributed by atoms with E-state index in [-0.39, 0.29) is 22.9 Å². The van der Waals surface area contributed by atoms with Gasteiger partial charge in [-0.2, -0.15) is 0 Å². The Bertz CT molecular complexity index is 707. The summed E-state index contributed by atoms with van der Waals surface area (Å²) in [4.78, 5) is 12.7. The topological polar surface area (TPSA) is 75.7 Å². The van der Waals surface area contributed by atoms with Crippen LogP contribution in [0.2, 0.25) is 5.02 Å². The first-order chi connectivity index (χ1) is 11.5. The molecule has 1 aromatic carbocycles. The minimum Gasteiger partial charge on any atom is -0.495 e. The number of nitrogens with zero attached hydrogens (tertiary/aromatic N) is 1. The predicted octanol–water partition coefficient (Wildman–Crippen LogP) is 3.05. The number of hydrogen-bond acceptors (Lipinski definition) is 4. The number of sulfonamides is 1. The first kappa shape index (κ1) is 21.6. The maximum atomic E-state index is 12.7. The van der Waals surface area contributed by atoms with Gasteiger partial charge in [-0.25, -0.2) is 8.42 Å². The maximum Gasteiger partial charge on any atom is 0.244 e. The molecule has 0 unspecified atom stereocenters. The molecule has 25 heavy (non-hydrogen) atoms. The summed E-state index contributed by atoms with van der Waals surface area (Å²) in [6.07, 6.45) is 1.40. The number of rotatable bonds is 8. The van der Waals surface area contributed by atoms with Crippen LogP contribution in [0.3, 0.4) is 0 Å². The Morgan fingerprint density at radius 1 is 1.32 bits per heavy atom. The Balaban J connectivity index is 3.29. The molecule has 0 spiro atoms. The molecule has 0 saturated carbocycles. The van der Waals surface area contributed by atoms with Crippen LogP contribution in [-0.4, -0.2) is 39.8 Å². The molecule has 0 fully saturated rings. The number of ether oxygens (including phenoxy) is 1. The number of carbonyl (C=O) groups excluding carboxylic acids is 1. The molecule has 1 aromatic rings. The lowest BCUT2D eigenvalue weighted by Gasteiger charge is -2.31. The molecule has 0 bridgehead atoms.